The number of nitrogens with zero attached hydrogens (tertiary/aromatic N) is 2. The molecule has 0 amide bonds. The van der Waals surface area contributed by atoms with Crippen LogP contribution in [0.25, 0.3) is 4.96 Å². The molecule has 0 radical (unpaired) electrons. The molecule has 0 atom stereocenters. The highest BCUT2D eigenvalue weighted by Gasteiger charge is 2.15. The van der Waals surface area contributed by atoms with Gasteiger partial charge in [0.1, 0.15) is 5.69 Å². The first kappa shape index (κ1) is 9.40. The second-order valence-electron chi connectivity index (χ2n) is 3.67. The number of aromatic nitrogens is 2. The zero-order chi connectivity index (χ0) is 10.3. The number of Topliss-reactive ketones (excluding diaryl/α,β-unsaturated/α-hetero) is 1. The van der Waals surface area contributed by atoms with Gasteiger partial charge < -0.3 is 0 Å². The van der Waals surface area contributed by atoms with Crippen molar-refractivity contribution in [2.75, 3.05) is 0 Å². The molecule has 0 bridgehead atoms. The van der Waals surface area contributed by atoms with Gasteiger partial charge in [0.25, 0.3) is 0 Å². The highest BCUT2D eigenvalue weighted by atomic mass is 32.1. The molecule has 0 N–H and O–H groups in total. The van der Waals surface area contributed by atoms with E-state index in [1.54, 1.807) is 11.3 Å². The van der Waals surface area contributed by atoms with Crippen LogP contribution >= 0.6 is 11.3 Å². The molecule has 2 rings (SSSR count). The van der Waals surface area contributed by atoms with Gasteiger partial charge in [-0.2, -0.15) is 0 Å². The van der Waals surface area contributed by atoms with Gasteiger partial charge in [-0.3, -0.25) is 9.20 Å². The van der Waals surface area contributed by atoms with Crippen LogP contribution < -0.4 is 0 Å². The number of rotatable bonds is 2. The summed E-state index contributed by atoms with van der Waals surface area (Å²) in [5.41, 5.74) is 1.70. The zero-order valence-electron chi connectivity index (χ0n) is 8.44. The first-order chi connectivity index (χ1) is 6.59. The lowest BCUT2D eigenvalue weighted by atomic mass is 10.1. The van der Waals surface area contributed by atoms with Crippen LogP contribution in [0, 0.1) is 12.8 Å². The Morgan fingerprint density at radius 2 is 2.29 bits per heavy atom. The minimum atomic E-state index is 0.0138. The van der Waals surface area contributed by atoms with Crippen molar-refractivity contribution in [1.29, 1.82) is 0 Å². The summed E-state index contributed by atoms with van der Waals surface area (Å²) in [7, 11) is 0. The van der Waals surface area contributed by atoms with Crippen LogP contribution in [0.5, 0.6) is 0 Å². The summed E-state index contributed by atoms with van der Waals surface area (Å²) in [6.45, 7) is 5.79. The van der Waals surface area contributed by atoms with E-state index in [2.05, 4.69) is 4.98 Å². The molecular weight excluding hydrogens is 196 g/mol. The van der Waals surface area contributed by atoms with Gasteiger partial charge in [0.2, 0.25) is 0 Å². The standard InChI is InChI=1S/C10H12N2OS/c1-6(2)9(13)8-4-12-7(3)5-14-10(12)11-8/h4-6H,1-3H3. The topological polar surface area (TPSA) is 34.4 Å². The zero-order valence-corrected chi connectivity index (χ0v) is 9.26. The number of hydrogen-bond acceptors (Lipinski definition) is 3. The van der Waals surface area contributed by atoms with Crippen LogP contribution in [-0.2, 0) is 0 Å². The molecule has 0 spiro atoms. The fourth-order valence-corrected chi connectivity index (χ4v) is 2.16. The van der Waals surface area contributed by atoms with Crippen LogP contribution in [0.3, 0.4) is 0 Å². The first-order valence-corrected chi connectivity index (χ1v) is 5.45. The van der Waals surface area contributed by atoms with Gasteiger partial charge in [0, 0.05) is 23.2 Å². The Morgan fingerprint density at radius 3 is 2.86 bits per heavy atom. The Labute approximate surface area is 86.4 Å². The van der Waals surface area contributed by atoms with Crippen molar-refractivity contribution >= 4 is 22.1 Å². The van der Waals surface area contributed by atoms with E-state index in [0.717, 1.165) is 10.7 Å². The Bertz CT molecular complexity index is 481. The van der Waals surface area contributed by atoms with E-state index in [0.29, 0.717) is 5.69 Å². The molecule has 4 heteroatoms. The smallest absolute Gasteiger partial charge is 0.194 e. The maximum atomic E-state index is 11.7. The van der Waals surface area contributed by atoms with Crippen LogP contribution in [0.1, 0.15) is 30.0 Å². The van der Waals surface area contributed by atoms with Gasteiger partial charge in [-0.05, 0) is 6.92 Å². The Balaban J connectivity index is 2.50. The van der Waals surface area contributed by atoms with Crippen LogP contribution in [-0.4, -0.2) is 15.2 Å². The highest BCUT2D eigenvalue weighted by molar-refractivity contribution is 7.15. The second-order valence-corrected chi connectivity index (χ2v) is 4.51. The predicted octanol–water partition coefficient (Wildman–Crippen LogP) is 2.54. The van der Waals surface area contributed by atoms with Crippen LogP contribution in [0.4, 0.5) is 0 Å². The van der Waals surface area contributed by atoms with E-state index in [1.807, 2.05) is 36.7 Å². The molecule has 14 heavy (non-hydrogen) atoms. The van der Waals surface area contributed by atoms with Gasteiger partial charge in [0.15, 0.2) is 10.7 Å². The van der Waals surface area contributed by atoms with E-state index in [-0.39, 0.29) is 11.7 Å². The van der Waals surface area contributed by atoms with E-state index >= 15 is 0 Å². The average Bonchev–Trinajstić information content (AvgIpc) is 2.67. The molecule has 0 unspecified atom stereocenters. The molecule has 0 saturated carbocycles. The molecule has 0 saturated heterocycles. The Morgan fingerprint density at radius 1 is 1.57 bits per heavy atom. The summed E-state index contributed by atoms with van der Waals surface area (Å²) in [5.74, 6) is 0.125. The van der Waals surface area contributed by atoms with Crippen molar-refractivity contribution in [3.05, 3.63) is 23.0 Å². The molecule has 0 fully saturated rings. The van der Waals surface area contributed by atoms with E-state index in [1.165, 1.54) is 0 Å². The number of thiazole rings is 1. The number of carbonyl (C=O) groups excluding carboxylic acids is 1. The third-order valence-corrected chi connectivity index (χ3v) is 3.12. The number of ketones is 1. The number of carbonyl (C=O) groups is 1. The lowest BCUT2D eigenvalue weighted by molar-refractivity contribution is 0.0935. The van der Waals surface area contributed by atoms with Crippen molar-refractivity contribution in [2.24, 2.45) is 5.92 Å². The monoisotopic (exact) mass is 208 g/mol. The van der Waals surface area contributed by atoms with Gasteiger partial charge >= 0.3 is 0 Å². The molecule has 3 nitrogen and oxygen atoms in total. The maximum Gasteiger partial charge on any atom is 0.194 e. The Kier molecular flexibility index (Phi) is 2.15. The molecule has 2 aromatic rings. The molecule has 74 valence electrons. The fourth-order valence-electron chi connectivity index (χ4n) is 1.31. The van der Waals surface area contributed by atoms with E-state index in [9.17, 15) is 4.79 Å². The third-order valence-electron chi connectivity index (χ3n) is 2.17. The largest absolute Gasteiger partial charge is 0.294 e. The van der Waals surface area contributed by atoms with Gasteiger partial charge in [-0.15, -0.1) is 11.3 Å². The number of aryl methyl sites for hydroxylation is 1. The third kappa shape index (κ3) is 1.35. The maximum absolute atomic E-state index is 11.7. The SMILES string of the molecule is Cc1csc2nc(C(=O)C(C)C)cn12. The second kappa shape index (κ2) is 3.20. The van der Waals surface area contributed by atoms with E-state index < -0.39 is 0 Å². The summed E-state index contributed by atoms with van der Waals surface area (Å²) < 4.78 is 1.96. The minimum absolute atomic E-state index is 0.0138. The van der Waals surface area contributed by atoms with Crippen LogP contribution in [0.15, 0.2) is 11.6 Å². The summed E-state index contributed by atoms with van der Waals surface area (Å²) in [4.78, 5) is 16.8. The number of fused-ring (bicyclic) bond motifs is 1. The molecule has 0 aliphatic carbocycles. The summed E-state index contributed by atoms with van der Waals surface area (Å²) in [6, 6.07) is 0. The molecular formula is C10H12N2OS. The summed E-state index contributed by atoms with van der Waals surface area (Å²) in [6.07, 6.45) is 1.82. The van der Waals surface area contributed by atoms with Crippen molar-refractivity contribution in [3.63, 3.8) is 0 Å². The van der Waals surface area contributed by atoms with Gasteiger partial charge in [-0.1, -0.05) is 13.8 Å². The van der Waals surface area contributed by atoms with Crippen molar-refractivity contribution < 1.29 is 4.79 Å². The molecule has 0 aliphatic rings. The average molecular weight is 208 g/mol. The summed E-state index contributed by atoms with van der Waals surface area (Å²) in [5, 5.41) is 2.03. The lowest BCUT2D eigenvalue weighted by Crippen LogP contribution is -2.07. The Hall–Kier alpha value is -1.16. The number of hydrogen-bond donors (Lipinski definition) is 0. The van der Waals surface area contributed by atoms with Crippen molar-refractivity contribution in [1.82, 2.24) is 9.38 Å². The molecule has 2 aromatic heterocycles. The van der Waals surface area contributed by atoms with Gasteiger partial charge in [0.05, 0.1) is 0 Å². The van der Waals surface area contributed by atoms with Gasteiger partial charge in [-0.25, -0.2) is 4.98 Å². The molecule has 2 heterocycles. The number of imidazole rings is 1. The molecule has 0 aromatic carbocycles. The lowest BCUT2D eigenvalue weighted by Gasteiger charge is -1.97. The molecule has 0 aliphatic heterocycles. The van der Waals surface area contributed by atoms with Crippen molar-refractivity contribution in [3.8, 4) is 0 Å². The quantitative estimate of drug-likeness (QED) is 0.711. The van der Waals surface area contributed by atoms with Crippen molar-refractivity contribution in [2.45, 2.75) is 20.8 Å². The highest BCUT2D eigenvalue weighted by Crippen LogP contribution is 2.17. The summed E-state index contributed by atoms with van der Waals surface area (Å²) >= 11 is 1.56. The fraction of sp³-hybridized carbons (Fsp3) is 0.400. The van der Waals surface area contributed by atoms with E-state index in [4.69, 9.17) is 0 Å². The predicted molar refractivity (Wildman–Crippen MR) is 57.0 cm³/mol. The minimum Gasteiger partial charge on any atom is -0.294 e. The normalized spacial score (nSPS) is 11.4. The first-order valence-electron chi connectivity index (χ1n) is 4.57. The van der Waals surface area contributed by atoms with Crippen LogP contribution in [0.2, 0.25) is 0 Å².